The molecule has 16 heavy (non-hydrogen) atoms. The number of ether oxygens (including phenoxy) is 2. The lowest BCUT2D eigenvalue weighted by Crippen LogP contribution is -2.40. The molecule has 0 aliphatic heterocycles. The van der Waals surface area contributed by atoms with Crippen molar-refractivity contribution in [2.45, 2.75) is 11.0 Å². The summed E-state index contributed by atoms with van der Waals surface area (Å²) in [5, 5.41) is 0. The monoisotopic (exact) mass is 285 g/mol. The molecule has 0 spiro atoms. The Bertz CT molecular complexity index is 341. The van der Waals surface area contributed by atoms with E-state index in [2.05, 4.69) is 13.7 Å². The third-order valence-corrected chi connectivity index (χ3v) is 3.31. The van der Waals surface area contributed by atoms with Gasteiger partial charge < -0.3 is 9.47 Å². The first-order valence-electron chi connectivity index (χ1n) is 3.59. The van der Waals surface area contributed by atoms with Crippen LogP contribution in [0.15, 0.2) is 0 Å². The Morgan fingerprint density at radius 1 is 1.25 bits per heavy atom. The van der Waals surface area contributed by atoms with Crippen LogP contribution in [0.2, 0.25) is 0 Å². The summed E-state index contributed by atoms with van der Waals surface area (Å²) in [6, 6.07) is 0. The molecule has 0 fully saturated rings. The summed E-state index contributed by atoms with van der Waals surface area (Å²) >= 11 is 0. The van der Waals surface area contributed by atoms with Crippen molar-refractivity contribution in [2.75, 3.05) is 20.8 Å². The maximum atomic E-state index is 12.0. The van der Waals surface area contributed by atoms with Crippen LogP contribution < -0.4 is 0 Å². The summed E-state index contributed by atoms with van der Waals surface area (Å²) in [6.07, 6.45) is 0. The molecule has 0 saturated heterocycles. The smallest absolute Gasteiger partial charge is 0.374 e. The van der Waals surface area contributed by atoms with Crippen molar-refractivity contribution in [1.29, 1.82) is 0 Å². The first kappa shape index (κ1) is 15.7. The lowest BCUT2D eigenvalue weighted by Gasteiger charge is -2.18. The second-order valence-electron chi connectivity index (χ2n) is 2.48. The Hall–Kier alpha value is -0.280. The highest BCUT2D eigenvalue weighted by atomic mass is 32.2. The van der Waals surface area contributed by atoms with E-state index in [1.54, 1.807) is 0 Å². The Morgan fingerprint density at radius 2 is 1.75 bits per heavy atom. The molecule has 0 aliphatic carbocycles. The summed E-state index contributed by atoms with van der Waals surface area (Å²) < 4.78 is 80.3. The summed E-state index contributed by atoms with van der Waals surface area (Å²) in [5.74, 6) is 0. The van der Waals surface area contributed by atoms with Gasteiger partial charge in [-0.25, -0.2) is 0 Å². The lowest BCUT2D eigenvalue weighted by atomic mass is 10.7. The van der Waals surface area contributed by atoms with Gasteiger partial charge in [0.05, 0.1) is 0 Å². The quantitative estimate of drug-likeness (QED) is 0.311. The second-order valence-corrected chi connectivity index (χ2v) is 4.98. The molecular weight excluding hydrogens is 276 g/mol. The minimum absolute atomic E-state index is 0.735. The van der Waals surface area contributed by atoms with Crippen molar-refractivity contribution in [3.8, 4) is 0 Å². The van der Waals surface area contributed by atoms with Crippen LogP contribution in [-0.4, -0.2) is 40.3 Å². The van der Waals surface area contributed by atoms with Gasteiger partial charge >= 0.3 is 29.6 Å². The van der Waals surface area contributed by atoms with Crippen LogP contribution in [0.5, 0.6) is 0 Å². The number of alkyl halides is 3. The SMILES string of the molecule is COCC(OC)(OS(=O)(=O)C(F)(F)F)[PH+]=O. The molecule has 0 saturated carbocycles. The molecule has 0 aliphatic rings. The predicted molar refractivity (Wildman–Crippen MR) is 46.7 cm³/mol. The van der Waals surface area contributed by atoms with Crippen molar-refractivity contribution in [1.82, 2.24) is 0 Å². The number of rotatable bonds is 6. The van der Waals surface area contributed by atoms with E-state index in [0.29, 0.717) is 0 Å². The molecule has 2 atom stereocenters. The maximum Gasteiger partial charge on any atom is 0.523 e. The Labute approximate surface area is 91.0 Å². The highest BCUT2D eigenvalue weighted by Crippen LogP contribution is 2.34. The van der Waals surface area contributed by atoms with Crippen LogP contribution in [0.3, 0.4) is 0 Å². The van der Waals surface area contributed by atoms with Crippen LogP contribution in [0.4, 0.5) is 13.2 Å². The largest absolute Gasteiger partial charge is 0.523 e. The van der Waals surface area contributed by atoms with E-state index in [1.165, 1.54) is 0 Å². The van der Waals surface area contributed by atoms with Crippen LogP contribution in [-0.2, 0) is 28.3 Å². The van der Waals surface area contributed by atoms with Gasteiger partial charge in [-0.05, 0) is 0 Å². The second kappa shape index (κ2) is 5.37. The van der Waals surface area contributed by atoms with Gasteiger partial charge in [0.2, 0.25) is 0 Å². The fourth-order valence-electron chi connectivity index (χ4n) is 0.620. The van der Waals surface area contributed by atoms with Gasteiger partial charge in [-0.15, -0.1) is 0 Å². The van der Waals surface area contributed by atoms with Crippen molar-refractivity contribution >= 4 is 18.6 Å². The molecule has 0 bridgehead atoms. The highest BCUT2D eigenvalue weighted by molar-refractivity contribution is 7.87. The standard InChI is InChI=1S/C5H8F3O6PS/c1-12-3-4(13-2,15-9)14-16(10,11)5(6,7)8/h3H2,1-2H3/p+1. The van der Waals surface area contributed by atoms with E-state index in [9.17, 15) is 26.2 Å². The van der Waals surface area contributed by atoms with Crippen LogP contribution in [0.1, 0.15) is 0 Å². The van der Waals surface area contributed by atoms with Gasteiger partial charge in [-0.3, -0.25) is 0 Å². The minimum atomic E-state index is -5.90. The molecular formula is C5H9F3O6PS+. The van der Waals surface area contributed by atoms with Crippen molar-refractivity contribution < 1.29 is 39.8 Å². The maximum absolute atomic E-state index is 12.0. The molecule has 2 unspecified atom stereocenters. The van der Waals surface area contributed by atoms with Crippen molar-refractivity contribution in [3.05, 3.63) is 0 Å². The average molecular weight is 285 g/mol. The Kier molecular flexibility index (Phi) is 5.27. The van der Waals surface area contributed by atoms with E-state index in [4.69, 9.17) is 0 Å². The van der Waals surface area contributed by atoms with Crippen molar-refractivity contribution in [3.63, 3.8) is 0 Å². The molecule has 0 amide bonds. The fraction of sp³-hybridized carbons (Fsp3) is 1.00. The van der Waals surface area contributed by atoms with E-state index < -0.39 is 36.2 Å². The molecule has 11 heteroatoms. The lowest BCUT2D eigenvalue weighted by molar-refractivity contribution is -0.139. The normalized spacial score (nSPS) is 17.3. The Morgan fingerprint density at radius 3 is 2.00 bits per heavy atom. The number of hydrogen-bond acceptors (Lipinski definition) is 6. The number of methoxy groups -OCH3 is 2. The van der Waals surface area contributed by atoms with Gasteiger partial charge in [0.25, 0.3) is 0 Å². The molecule has 6 nitrogen and oxygen atoms in total. The van der Waals surface area contributed by atoms with Crippen molar-refractivity contribution in [2.24, 2.45) is 0 Å². The molecule has 0 aromatic heterocycles. The number of hydrogen-bond donors (Lipinski definition) is 0. The summed E-state index contributed by atoms with van der Waals surface area (Å²) in [7, 11) is -5.62. The van der Waals surface area contributed by atoms with E-state index in [1.807, 2.05) is 0 Å². The van der Waals surface area contributed by atoms with Gasteiger partial charge in [-0.1, -0.05) is 4.57 Å². The zero-order valence-electron chi connectivity index (χ0n) is 8.20. The zero-order valence-corrected chi connectivity index (χ0v) is 10.0. The predicted octanol–water partition coefficient (Wildman–Crippen LogP) is 0.823. The fourth-order valence-corrected chi connectivity index (χ4v) is 1.94. The summed E-state index contributed by atoms with van der Waals surface area (Å²) in [6.45, 7) is -0.735. The van der Waals surface area contributed by atoms with Gasteiger partial charge in [0.1, 0.15) is 0 Å². The van der Waals surface area contributed by atoms with Gasteiger partial charge in [0, 0.05) is 14.2 Å². The number of halogens is 3. The first-order valence-corrected chi connectivity index (χ1v) is 5.91. The summed E-state index contributed by atoms with van der Waals surface area (Å²) in [5.41, 5.74) is -8.10. The van der Waals surface area contributed by atoms with Crippen LogP contribution >= 0.6 is 8.46 Å². The van der Waals surface area contributed by atoms with E-state index in [0.717, 1.165) is 14.2 Å². The molecule has 0 heterocycles. The molecule has 96 valence electrons. The van der Waals surface area contributed by atoms with Crippen LogP contribution in [0, 0.1) is 0 Å². The van der Waals surface area contributed by atoms with E-state index in [-0.39, 0.29) is 0 Å². The highest BCUT2D eigenvalue weighted by Gasteiger charge is 2.56. The third-order valence-electron chi connectivity index (χ3n) is 1.35. The average Bonchev–Trinajstić information content (AvgIpc) is 2.15. The molecule has 0 N–H and O–H groups in total. The molecule has 0 aromatic carbocycles. The van der Waals surface area contributed by atoms with Crippen LogP contribution in [0.25, 0.3) is 0 Å². The van der Waals surface area contributed by atoms with Gasteiger partial charge in [0.15, 0.2) is 6.61 Å². The zero-order chi connectivity index (χ0) is 13.0. The first-order chi connectivity index (χ1) is 7.14. The summed E-state index contributed by atoms with van der Waals surface area (Å²) in [4.78, 5) is 0. The topological polar surface area (TPSA) is 78.9 Å². The third kappa shape index (κ3) is 3.63. The molecule has 0 rings (SSSR count). The molecule has 0 aromatic rings. The molecule has 0 radical (unpaired) electrons. The van der Waals surface area contributed by atoms with Gasteiger partial charge in [-0.2, -0.15) is 25.8 Å². The minimum Gasteiger partial charge on any atom is -0.374 e. The Balaban J connectivity index is 5.12. The van der Waals surface area contributed by atoms with E-state index >= 15 is 0 Å².